The van der Waals surface area contributed by atoms with Gasteiger partial charge in [0.1, 0.15) is 5.60 Å². The molecule has 4 nitrogen and oxygen atoms in total. The van der Waals surface area contributed by atoms with Crippen LogP contribution in [0, 0.1) is 0 Å². The zero-order chi connectivity index (χ0) is 16.4. The summed E-state index contributed by atoms with van der Waals surface area (Å²) in [6.45, 7) is 5.66. The molecule has 0 spiro atoms. The van der Waals surface area contributed by atoms with Gasteiger partial charge in [-0.25, -0.2) is 4.79 Å². The summed E-state index contributed by atoms with van der Waals surface area (Å²) in [6, 6.07) is 7.28. The molecular formula is C19H28N2O2. The zero-order valence-electron chi connectivity index (χ0n) is 14.4. The number of nitrogens with one attached hydrogen (secondary N) is 2. The smallest absolute Gasteiger partial charge is 0.407 e. The molecule has 3 rings (SSSR count). The average Bonchev–Trinajstić information content (AvgIpc) is 2.43. The van der Waals surface area contributed by atoms with Gasteiger partial charge in [-0.1, -0.05) is 12.1 Å². The van der Waals surface area contributed by atoms with Crippen LogP contribution in [-0.4, -0.2) is 23.8 Å². The molecule has 126 valence electrons. The maximum atomic E-state index is 11.8. The Morgan fingerprint density at radius 3 is 2.61 bits per heavy atom. The molecule has 0 aliphatic heterocycles. The fourth-order valence-electron chi connectivity index (χ4n) is 3.46. The molecule has 1 aromatic rings. The first-order valence-corrected chi connectivity index (χ1v) is 8.77. The fraction of sp³-hybridized carbons (Fsp3) is 0.632. The van der Waals surface area contributed by atoms with Crippen LogP contribution in [0.2, 0.25) is 0 Å². The first-order chi connectivity index (χ1) is 10.9. The summed E-state index contributed by atoms with van der Waals surface area (Å²) >= 11 is 0. The Morgan fingerprint density at radius 2 is 1.87 bits per heavy atom. The van der Waals surface area contributed by atoms with Crippen molar-refractivity contribution in [3.8, 4) is 0 Å². The van der Waals surface area contributed by atoms with E-state index in [-0.39, 0.29) is 12.1 Å². The lowest BCUT2D eigenvalue weighted by Gasteiger charge is -2.38. The summed E-state index contributed by atoms with van der Waals surface area (Å²) in [5, 5.41) is 6.62. The highest BCUT2D eigenvalue weighted by Crippen LogP contribution is 2.31. The molecule has 0 atom stereocenters. The third-order valence-corrected chi connectivity index (χ3v) is 4.61. The molecule has 1 amide bonds. The second-order valence-corrected chi connectivity index (χ2v) is 7.81. The van der Waals surface area contributed by atoms with Crippen LogP contribution in [0.5, 0.6) is 0 Å². The Bertz CT molecular complexity index is 571. The van der Waals surface area contributed by atoms with Crippen molar-refractivity contribution in [2.24, 2.45) is 0 Å². The van der Waals surface area contributed by atoms with E-state index in [1.165, 1.54) is 42.5 Å². The number of hydrogen-bond donors (Lipinski definition) is 2. The van der Waals surface area contributed by atoms with Crippen LogP contribution in [0.25, 0.3) is 0 Å². The molecule has 1 saturated carbocycles. The molecule has 0 unspecified atom stereocenters. The first kappa shape index (κ1) is 16.2. The number of carbonyl (C=O) groups excluding carboxylic acids is 1. The van der Waals surface area contributed by atoms with Gasteiger partial charge in [-0.2, -0.15) is 0 Å². The first-order valence-electron chi connectivity index (χ1n) is 8.77. The van der Waals surface area contributed by atoms with Gasteiger partial charge < -0.3 is 15.4 Å². The van der Waals surface area contributed by atoms with Gasteiger partial charge in [0.05, 0.1) is 0 Å². The van der Waals surface area contributed by atoms with Gasteiger partial charge in [0.2, 0.25) is 0 Å². The number of alkyl carbamates (subject to hydrolysis) is 1. The molecule has 2 aliphatic carbocycles. The topological polar surface area (TPSA) is 50.4 Å². The number of rotatable bonds is 3. The standard InChI is InChI=1S/C19H28N2O2/c1-19(2,3)23-18(22)21-15-11-14(12-15)20-17-10-6-8-13-7-4-5-9-16(13)17/h6,8,10,14-15,20H,4-5,7,9,11-12H2,1-3H3,(H,21,22). The molecule has 1 fully saturated rings. The lowest BCUT2D eigenvalue weighted by Crippen LogP contribution is -2.50. The van der Waals surface area contributed by atoms with E-state index in [2.05, 4.69) is 28.8 Å². The number of ether oxygens (including phenoxy) is 1. The van der Waals surface area contributed by atoms with Crippen LogP contribution in [0.1, 0.15) is 57.6 Å². The van der Waals surface area contributed by atoms with Crippen molar-refractivity contribution in [2.45, 2.75) is 77.0 Å². The van der Waals surface area contributed by atoms with E-state index in [4.69, 9.17) is 4.74 Å². The highest BCUT2D eigenvalue weighted by Gasteiger charge is 2.32. The van der Waals surface area contributed by atoms with Gasteiger partial charge in [0.15, 0.2) is 0 Å². The van der Waals surface area contributed by atoms with E-state index < -0.39 is 5.60 Å². The van der Waals surface area contributed by atoms with Gasteiger partial charge in [-0.05, 0) is 76.5 Å². The molecule has 0 bridgehead atoms. The monoisotopic (exact) mass is 316 g/mol. The molecule has 1 aromatic carbocycles. The molecular weight excluding hydrogens is 288 g/mol. The maximum Gasteiger partial charge on any atom is 0.407 e. The summed E-state index contributed by atoms with van der Waals surface area (Å²) < 4.78 is 5.30. The van der Waals surface area contributed by atoms with E-state index in [0.29, 0.717) is 6.04 Å². The van der Waals surface area contributed by atoms with Crippen molar-refractivity contribution in [3.05, 3.63) is 29.3 Å². The summed E-state index contributed by atoms with van der Waals surface area (Å²) in [5.74, 6) is 0. The number of hydrogen-bond acceptors (Lipinski definition) is 3. The lowest BCUT2D eigenvalue weighted by atomic mass is 9.85. The van der Waals surface area contributed by atoms with Crippen molar-refractivity contribution in [2.75, 3.05) is 5.32 Å². The summed E-state index contributed by atoms with van der Waals surface area (Å²) in [5.41, 5.74) is 3.86. The Hall–Kier alpha value is -1.71. The van der Waals surface area contributed by atoms with Crippen LogP contribution < -0.4 is 10.6 Å². The van der Waals surface area contributed by atoms with Gasteiger partial charge in [-0.15, -0.1) is 0 Å². The van der Waals surface area contributed by atoms with Crippen LogP contribution in [-0.2, 0) is 17.6 Å². The molecule has 2 N–H and O–H groups in total. The Balaban J connectivity index is 1.49. The molecule has 0 heterocycles. The third kappa shape index (κ3) is 4.18. The number of carbonyl (C=O) groups is 1. The maximum absolute atomic E-state index is 11.8. The van der Waals surface area contributed by atoms with Crippen molar-refractivity contribution < 1.29 is 9.53 Å². The molecule has 0 radical (unpaired) electrons. The van der Waals surface area contributed by atoms with Crippen LogP contribution in [0.3, 0.4) is 0 Å². The van der Waals surface area contributed by atoms with Gasteiger partial charge in [0.25, 0.3) is 0 Å². The van der Waals surface area contributed by atoms with Crippen molar-refractivity contribution >= 4 is 11.8 Å². The fourth-order valence-corrected chi connectivity index (χ4v) is 3.46. The molecule has 4 heteroatoms. The van der Waals surface area contributed by atoms with E-state index in [1.54, 1.807) is 0 Å². The minimum absolute atomic E-state index is 0.224. The van der Waals surface area contributed by atoms with Crippen molar-refractivity contribution in [1.82, 2.24) is 5.32 Å². The van der Waals surface area contributed by atoms with E-state index in [9.17, 15) is 4.79 Å². The highest BCUT2D eigenvalue weighted by molar-refractivity contribution is 5.68. The number of aryl methyl sites for hydroxylation is 1. The second-order valence-electron chi connectivity index (χ2n) is 7.81. The minimum Gasteiger partial charge on any atom is -0.444 e. The SMILES string of the molecule is CC(C)(C)OC(=O)NC1CC(Nc2cccc3c2CCCC3)C1. The summed E-state index contributed by atoms with van der Waals surface area (Å²) in [6.07, 6.45) is 6.61. The van der Waals surface area contributed by atoms with Gasteiger partial charge in [0, 0.05) is 17.8 Å². The highest BCUT2D eigenvalue weighted by atomic mass is 16.6. The number of benzene rings is 1. The van der Waals surface area contributed by atoms with Crippen molar-refractivity contribution in [3.63, 3.8) is 0 Å². The van der Waals surface area contributed by atoms with Crippen LogP contribution in [0.4, 0.5) is 10.5 Å². The van der Waals surface area contributed by atoms with Crippen LogP contribution >= 0.6 is 0 Å². The second kappa shape index (κ2) is 6.42. The Labute approximate surface area is 139 Å². The largest absolute Gasteiger partial charge is 0.444 e. The minimum atomic E-state index is -0.436. The average molecular weight is 316 g/mol. The van der Waals surface area contributed by atoms with Crippen molar-refractivity contribution in [1.29, 1.82) is 0 Å². The normalized spacial score (nSPS) is 23.4. The number of amides is 1. The third-order valence-electron chi connectivity index (χ3n) is 4.61. The number of anilines is 1. The zero-order valence-corrected chi connectivity index (χ0v) is 14.4. The van der Waals surface area contributed by atoms with E-state index in [0.717, 1.165) is 12.8 Å². The summed E-state index contributed by atoms with van der Waals surface area (Å²) in [7, 11) is 0. The van der Waals surface area contributed by atoms with Gasteiger partial charge in [-0.3, -0.25) is 0 Å². The molecule has 2 aliphatic rings. The summed E-state index contributed by atoms with van der Waals surface area (Å²) in [4.78, 5) is 11.8. The predicted molar refractivity (Wildman–Crippen MR) is 92.9 cm³/mol. The molecule has 0 saturated heterocycles. The quantitative estimate of drug-likeness (QED) is 0.885. The lowest BCUT2D eigenvalue weighted by molar-refractivity contribution is 0.0475. The molecule has 23 heavy (non-hydrogen) atoms. The molecule has 0 aromatic heterocycles. The van der Waals surface area contributed by atoms with Gasteiger partial charge >= 0.3 is 6.09 Å². The number of fused-ring (bicyclic) bond motifs is 1. The Morgan fingerprint density at radius 1 is 1.13 bits per heavy atom. The Kier molecular flexibility index (Phi) is 4.51. The van der Waals surface area contributed by atoms with E-state index in [1.807, 2.05) is 20.8 Å². The van der Waals surface area contributed by atoms with E-state index >= 15 is 0 Å². The predicted octanol–water partition coefficient (Wildman–Crippen LogP) is 4.03. The van der Waals surface area contributed by atoms with Crippen LogP contribution in [0.15, 0.2) is 18.2 Å².